The number of unbranched alkanes of at least 4 members (excludes halogenated alkanes) is 1. The number of nitrogens with one attached hydrogen (secondary N) is 2. The lowest BCUT2D eigenvalue weighted by atomic mass is 10.0. The van der Waals surface area contributed by atoms with E-state index in [0.29, 0.717) is 35.6 Å². The van der Waals surface area contributed by atoms with Gasteiger partial charge in [-0.05, 0) is 80.4 Å². The van der Waals surface area contributed by atoms with E-state index in [0.717, 1.165) is 49.4 Å². The number of rotatable bonds is 13. The predicted octanol–water partition coefficient (Wildman–Crippen LogP) is 5.00. The van der Waals surface area contributed by atoms with Gasteiger partial charge in [0.05, 0.1) is 24.1 Å². The third-order valence-corrected chi connectivity index (χ3v) is 8.50. The number of hydrogen-bond donors (Lipinski definition) is 2. The molecule has 0 atom stereocenters. The highest BCUT2D eigenvalue weighted by Gasteiger charge is 2.17. The van der Waals surface area contributed by atoms with Gasteiger partial charge >= 0.3 is 0 Å². The topological polar surface area (TPSA) is 119 Å². The fraction of sp³-hybridized carbons (Fsp3) is 0.367. The van der Waals surface area contributed by atoms with Crippen molar-refractivity contribution in [2.45, 2.75) is 37.5 Å². The largest absolute Gasteiger partial charge is 0.496 e. The summed E-state index contributed by atoms with van der Waals surface area (Å²) < 4.78 is 39.6. The zero-order valence-corrected chi connectivity index (χ0v) is 24.3. The molecule has 0 unspecified atom stereocenters. The summed E-state index contributed by atoms with van der Waals surface area (Å²) in [4.78, 5) is 7.08. The van der Waals surface area contributed by atoms with E-state index < -0.39 is 10.0 Å². The van der Waals surface area contributed by atoms with E-state index in [9.17, 15) is 8.42 Å². The minimum absolute atomic E-state index is 0.208. The lowest BCUT2D eigenvalue weighted by molar-refractivity contribution is 0.309. The Morgan fingerprint density at radius 2 is 1.78 bits per heavy atom. The van der Waals surface area contributed by atoms with Crippen molar-refractivity contribution >= 4 is 32.7 Å². The Morgan fingerprint density at radius 3 is 2.54 bits per heavy atom. The van der Waals surface area contributed by atoms with E-state index in [1.165, 1.54) is 12.8 Å². The van der Waals surface area contributed by atoms with Crippen LogP contribution < -0.4 is 19.5 Å². The first kappa shape index (κ1) is 28.7. The van der Waals surface area contributed by atoms with E-state index in [2.05, 4.69) is 37.0 Å². The Labute approximate surface area is 241 Å². The van der Waals surface area contributed by atoms with Crippen molar-refractivity contribution < 1.29 is 17.9 Å². The number of fused-ring (bicyclic) bond motifs is 1. The van der Waals surface area contributed by atoms with Gasteiger partial charge in [0, 0.05) is 30.4 Å². The van der Waals surface area contributed by atoms with Gasteiger partial charge in [-0.25, -0.2) is 18.1 Å². The molecule has 1 fully saturated rings. The third-order valence-electron chi connectivity index (χ3n) is 7.03. The highest BCUT2D eigenvalue weighted by Crippen LogP contribution is 2.35. The number of benzene rings is 3. The standard InChI is InChI=1S/C30H36N6O4S/c1-3-4-18-40-24-9-7-8-22(19-24)26-20-28-27(21-29(26)39-2)33-30(35-34-28)32-23-10-12-25(13-11-23)41(37,38)31-14-17-36-15-5-6-16-36/h7-13,19-21,31H,3-6,14-18H2,1-2H3,(H,32,33,35). The van der Waals surface area contributed by atoms with Gasteiger partial charge in [0.25, 0.3) is 0 Å². The van der Waals surface area contributed by atoms with Crippen LogP contribution in [0.1, 0.15) is 32.6 Å². The smallest absolute Gasteiger partial charge is 0.247 e. The first-order valence-corrected chi connectivity index (χ1v) is 15.5. The van der Waals surface area contributed by atoms with Crippen LogP contribution in [0.3, 0.4) is 0 Å². The molecule has 0 amide bonds. The Balaban J connectivity index is 1.28. The van der Waals surface area contributed by atoms with Crippen molar-refractivity contribution in [2.24, 2.45) is 0 Å². The van der Waals surface area contributed by atoms with Crippen LogP contribution in [0, 0.1) is 0 Å². The molecule has 4 aromatic rings. The van der Waals surface area contributed by atoms with Crippen molar-refractivity contribution in [3.8, 4) is 22.6 Å². The zero-order chi connectivity index (χ0) is 28.7. The second kappa shape index (κ2) is 13.2. The number of sulfonamides is 1. The number of nitrogens with zero attached hydrogens (tertiary/aromatic N) is 4. The summed E-state index contributed by atoms with van der Waals surface area (Å²) in [6.45, 7) is 5.98. The van der Waals surface area contributed by atoms with Gasteiger partial charge in [-0.15, -0.1) is 10.2 Å². The lowest BCUT2D eigenvalue weighted by Gasteiger charge is -2.15. The molecule has 0 spiro atoms. The molecule has 2 heterocycles. The summed E-state index contributed by atoms with van der Waals surface area (Å²) in [6.07, 6.45) is 4.43. The van der Waals surface area contributed by atoms with Crippen LogP contribution in [0.4, 0.5) is 11.6 Å². The number of methoxy groups -OCH3 is 1. The quantitative estimate of drug-likeness (QED) is 0.212. The molecule has 2 N–H and O–H groups in total. The number of likely N-dealkylation sites (tertiary alicyclic amines) is 1. The summed E-state index contributed by atoms with van der Waals surface area (Å²) in [5.74, 6) is 1.75. The maximum absolute atomic E-state index is 12.7. The molecule has 1 aromatic heterocycles. The lowest BCUT2D eigenvalue weighted by Crippen LogP contribution is -2.33. The molecular formula is C30H36N6O4S. The van der Waals surface area contributed by atoms with Gasteiger partial charge in [0.1, 0.15) is 17.0 Å². The molecule has 0 bridgehead atoms. The first-order valence-electron chi connectivity index (χ1n) is 14.0. The minimum atomic E-state index is -3.58. The SMILES string of the molecule is CCCCOc1cccc(-c2cc3nnc(Nc4ccc(S(=O)(=O)NCCN5CCCC5)cc4)nc3cc2OC)c1. The van der Waals surface area contributed by atoms with E-state index in [1.807, 2.05) is 36.4 Å². The normalized spacial score (nSPS) is 13.9. The second-order valence-electron chi connectivity index (χ2n) is 10.0. The molecule has 1 aliphatic heterocycles. The molecule has 3 aromatic carbocycles. The highest BCUT2D eigenvalue weighted by molar-refractivity contribution is 7.89. The van der Waals surface area contributed by atoms with E-state index in [1.54, 1.807) is 31.4 Å². The van der Waals surface area contributed by atoms with Crippen molar-refractivity contribution in [1.29, 1.82) is 0 Å². The van der Waals surface area contributed by atoms with Gasteiger partial charge < -0.3 is 19.7 Å². The molecule has 5 rings (SSSR count). The predicted molar refractivity (Wildman–Crippen MR) is 160 cm³/mol. The highest BCUT2D eigenvalue weighted by atomic mass is 32.2. The van der Waals surface area contributed by atoms with Crippen LogP contribution in [0.25, 0.3) is 22.2 Å². The molecule has 1 aliphatic rings. The summed E-state index contributed by atoms with van der Waals surface area (Å²) >= 11 is 0. The van der Waals surface area contributed by atoms with Crippen molar-refractivity contribution in [3.63, 3.8) is 0 Å². The minimum Gasteiger partial charge on any atom is -0.496 e. The summed E-state index contributed by atoms with van der Waals surface area (Å²) in [5, 5.41) is 11.7. The maximum atomic E-state index is 12.7. The van der Waals surface area contributed by atoms with Crippen LogP contribution in [0.5, 0.6) is 11.5 Å². The monoisotopic (exact) mass is 576 g/mol. The Bertz CT molecular complexity index is 1570. The van der Waals surface area contributed by atoms with Gasteiger partial charge in [0.2, 0.25) is 16.0 Å². The van der Waals surface area contributed by atoms with Gasteiger partial charge in [-0.3, -0.25) is 0 Å². The second-order valence-corrected chi connectivity index (χ2v) is 11.8. The first-order chi connectivity index (χ1) is 19.9. The molecular weight excluding hydrogens is 540 g/mol. The Morgan fingerprint density at radius 1 is 0.976 bits per heavy atom. The van der Waals surface area contributed by atoms with Gasteiger partial charge in [-0.2, -0.15) is 0 Å². The molecule has 0 radical (unpaired) electrons. The summed E-state index contributed by atoms with van der Waals surface area (Å²) in [7, 11) is -1.96. The van der Waals surface area contributed by atoms with Crippen molar-refractivity contribution in [1.82, 2.24) is 24.8 Å². The van der Waals surface area contributed by atoms with Crippen LogP contribution in [-0.2, 0) is 10.0 Å². The molecule has 1 saturated heterocycles. The molecule has 41 heavy (non-hydrogen) atoms. The van der Waals surface area contributed by atoms with E-state index in [4.69, 9.17) is 9.47 Å². The van der Waals surface area contributed by atoms with Crippen molar-refractivity contribution in [3.05, 3.63) is 60.7 Å². The fourth-order valence-electron chi connectivity index (χ4n) is 4.77. The summed E-state index contributed by atoms with van der Waals surface area (Å²) in [5.41, 5.74) is 3.68. The average Bonchev–Trinajstić information content (AvgIpc) is 3.50. The summed E-state index contributed by atoms with van der Waals surface area (Å²) in [6, 6.07) is 18.1. The van der Waals surface area contributed by atoms with E-state index >= 15 is 0 Å². The average molecular weight is 577 g/mol. The maximum Gasteiger partial charge on any atom is 0.247 e. The number of aromatic nitrogens is 3. The van der Waals surface area contributed by atoms with Crippen LogP contribution in [0.2, 0.25) is 0 Å². The van der Waals surface area contributed by atoms with Gasteiger partial charge in [0.15, 0.2) is 0 Å². The molecule has 0 saturated carbocycles. The molecule has 11 heteroatoms. The number of ether oxygens (including phenoxy) is 2. The molecule has 0 aliphatic carbocycles. The number of hydrogen-bond acceptors (Lipinski definition) is 9. The van der Waals surface area contributed by atoms with Crippen molar-refractivity contribution in [2.75, 3.05) is 45.2 Å². The fourth-order valence-corrected chi connectivity index (χ4v) is 5.80. The van der Waals surface area contributed by atoms with E-state index in [-0.39, 0.29) is 10.8 Å². The van der Waals surface area contributed by atoms with Gasteiger partial charge in [-0.1, -0.05) is 25.5 Å². The van der Waals surface area contributed by atoms with Crippen LogP contribution >= 0.6 is 0 Å². The Kier molecular flexibility index (Phi) is 9.28. The van der Waals surface area contributed by atoms with Crippen LogP contribution in [-0.4, -0.2) is 68.4 Å². The molecule has 216 valence electrons. The Hall–Kier alpha value is -3.80. The van der Waals surface area contributed by atoms with Crippen LogP contribution in [0.15, 0.2) is 65.6 Å². The molecule has 10 nitrogen and oxygen atoms in total. The number of anilines is 2. The third kappa shape index (κ3) is 7.29. The zero-order valence-electron chi connectivity index (χ0n) is 23.5.